The third kappa shape index (κ3) is 4.51. The van der Waals surface area contributed by atoms with Gasteiger partial charge in [0.2, 0.25) is 5.91 Å². The Balaban J connectivity index is 1.90. The van der Waals surface area contributed by atoms with Crippen molar-refractivity contribution in [1.29, 1.82) is 0 Å². The van der Waals surface area contributed by atoms with Gasteiger partial charge in [-0.1, -0.05) is 27.5 Å². The maximum atomic E-state index is 12.9. The van der Waals surface area contributed by atoms with E-state index < -0.39 is 5.82 Å². The molecule has 0 saturated heterocycles. The number of amides is 1. The van der Waals surface area contributed by atoms with Crippen molar-refractivity contribution in [1.82, 2.24) is 0 Å². The SMILES string of the molecule is O=C(CSc1ccc(Br)cc1)Nc1ccc(F)cc1Cl. The Morgan fingerprint density at radius 1 is 1.25 bits per heavy atom. The first-order valence-electron chi connectivity index (χ1n) is 5.68. The quantitative estimate of drug-likeness (QED) is 0.765. The molecule has 0 spiro atoms. The van der Waals surface area contributed by atoms with E-state index in [1.54, 1.807) is 0 Å². The second-order valence-electron chi connectivity index (χ2n) is 3.91. The molecule has 0 unspecified atom stereocenters. The minimum atomic E-state index is -0.433. The van der Waals surface area contributed by atoms with Crippen molar-refractivity contribution < 1.29 is 9.18 Å². The summed E-state index contributed by atoms with van der Waals surface area (Å²) >= 11 is 10.6. The molecule has 6 heteroatoms. The first kappa shape index (κ1) is 15.4. The number of carbonyl (C=O) groups is 1. The van der Waals surface area contributed by atoms with Gasteiger partial charge in [-0.25, -0.2) is 4.39 Å². The van der Waals surface area contributed by atoms with Gasteiger partial charge in [0.1, 0.15) is 5.82 Å². The van der Waals surface area contributed by atoms with E-state index in [9.17, 15) is 9.18 Å². The first-order chi connectivity index (χ1) is 9.54. The monoisotopic (exact) mass is 373 g/mol. The van der Waals surface area contributed by atoms with Crippen LogP contribution in [0.3, 0.4) is 0 Å². The van der Waals surface area contributed by atoms with Crippen LogP contribution >= 0.6 is 39.3 Å². The molecule has 0 aliphatic heterocycles. The zero-order valence-electron chi connectivity index (χ0n) is 10.2. The zero-order valence-corrected chi connectivity index (χ0v) is 13.4. The van der Waals surface area contributed by atoms with E-state index in [0.717, 1.165) is 9.37 Å². The first-order valence-corrected chi connectivity index (χ1v) is 7.83. The molecule has 0 atom stereocenters. The molecule has 2 aromatic carbocycles. The molecule has 2 aromatic rings. The van der Waals surface area contributed by atoms with Crippen molar-refractivity contribution in [2.24, 2.45) is 0 Å². The van der Waals surface area contributed by atoms with Crippen molar-refractivity contribution in [3.8, 4) is 0 Å². The number of benzene rings is 2. The third-order valence-electron chi connectivity index (χ3n) is 2.39. The molecule has 0 aliphatic rings. The van der Waals surface area contributed by atoms with Gasteiger partial charge in [0.25, 0.3) is 0 Å². The molecule has 1 amide bonds. The van der Waals surface area contributed by atoms with Crippen molar-refractivity contribution in [3.63, 3.8) is 0 Å². The molecule has 2 nitrogen and oxygen atoms in total. The lowest BCUT2D eigenvalue weighted by molar-refractivity contribution is -0.113. The summed E-state index contributed by atoms with van der Waals surface area (Å²) in [5.74, 6) is -0.362. The lowest BCUT2D eigenvalue weighted by Gasteiger charge is -2.07. The summed E-state index contributed by atoms with van der Waals surface area (Å²) in [6.07, 6.45) is 0. The average Bonchev–Trinajstić information content (AvgIpc) is 2.41. The Kier molecular flexibility index (Phi) is 5.46. The summed E-state index contributed by atoms with van der Waals surface area (Å²) in [4.78, 5) is 12.8. The summed E-state index contributed by atoms with van der Waals surface area (Å²) in [7, 11) is 0. The summed E-state index contributed by atoms with van der Waals surface area (Å²) in [5, 5.41) is 2.84. The Labute approximate surface area is 133 Å². The molecule has 1 N–H and O–H groups in total. The van der Waals surface area contributed by atoms with Crippen molar-refractivity contribution in [3.05, 3.63) is 57.8 Å². The number of nitrogens with one attached hydrogen (secondary N) is 1. The van der Waals surface area contributed by atoms with E-state index in [-0.39, 0.29) is 16.7 Å². The fourth-order valence-corrected chi connectivity index (χ4v) is 2.63. The Hall–Kier alpha value is -1.04. The van der Waals surface area contributed by atoms with Gasteiger partial charge < -0.3 is 5.32 Å². The Morgan fingerprint density at radius 3 is 2.60 bits per heavy atom. The van der Waals surface area contributed by atoms with Crippen LogP contribution < -0.4 is 5.32 Å². The van der Waals surface area contributed by atoms with Crippen molar-refractivity contribution in [2.75, 3.05) is 11.1 Å². The number of rotatable bonds is 4. The highest BCUT2D eigenvalue weighted by Crippen LogP contribution is 2.24. The van der Waals surface area contributed by atoms with Crippen molar-refractivity contribution >= 4 is 50.9 Å². The molecule has 0 fully saturated rings. The molecule has 0 radical (unpaired) electrons. The topological polar surface area (TPSA) is 29.1 Å². The maximum Gasteiger partial charge on any atom is 0.234 e. The fourth-order valence-electron chi connectivity index (χ4n) is 1.46. The van der Waals surface area contributed by atoms with Gasteiger partial charge >= 0.3 is 0 Å². The highest BCUT2D eigenvalue weighted by molar-refractivity contribution is 9.10. The molecular weight excluding hydrogens is 365 g/mol. The number of anilines is 1. The van der Waals surface area contributed by atoms with E-state index in [0.29, 0.717) is 5.69 Å². The summed E-state index contributed by atoms with van der Waals surface area (Å²) in [5.41, 5.74) is 0.412. The van der Waals surface area contributed by atoms with E-state index in [1.165, 1.54) is 30.0 Å². The molecule has 2 rings (SSSR count). The molecular formula is C14H10BrClFNOS. The van der Waals surface area contributed by atoms with Gasteiger partial charge in [-0.15, -0.1) is 11.8 Å². The number of hydrogen-bond donors (Lipinski definition) is 1. The van der Waals surface area contributed by atoms with Gasteiger partial charge in [0, 0.05) is 9.37 Å². The Morgan fingerprint density at radius 2 is 1.95 bits per heavy atom. The standard InChI is InChI=1S/C14H10BrClFNOS/c15-9-1-4-11(5-2-9)20-8-14(19)18-13-6-3-10(17)7-12(13)16/h1-7H,8H2,(H,18,19). The van der Waals surface area contributed by atoms with E-state index in [2.05, 4.69) is 21.2 Å². The lowest BCUT2D eigenvalue weighted by Crippen LogP contribution is -2.14. The van der Waals surface area contributed by atoms with Crippen LogP contribution in [0.1, 0.15) is 0 Å². The van der Waals surface area contributed by atoms with Gasteiger partial charge in [-0.05, 0) is 42.5 Å². The normalized spacial score (nSPS) is 10.3. The second kappa shape index (κ2) is 7.11. The Bertz CT molecular complexity index is 621. The molecule has 0 saturated carbocycles. The number of carbonyl (C=O) groups excluding carboxylic acids is 1. The highest BCUT2D eigenvalue weighted by atomic mass is 79.9. The molecule has 104 valence electrons. The fraction of sp³-hybridized carbons (Fsp3) is 0.0714. The minimum absolute atomic E-state index is 0.187. The smallest absolute Gasteiger partial charge is 0.234 e. The predicted octanol–water partition coefficient (Wildman–Crippen LogP) is 4.97. The molecule has 0 bridgehead atoms. The number of halogens is 3. The number of hydrogen-bond acceptors (Lipinski definition) is 2. The second-order valence-corrected chi connectivity index (χ2v) is 6.29. The van der Waals surface area contributed by atoms with Crippen LogP contribution in [0.2, 0.25) is 5.02 Å². The van der Waals surface area contributed by atoms with Gasteiger partial charge in [-0.2, -0.15) is 0 Å². The lowest BCUT2D eigenvalue weighted by atomic mass is 10.3. The van der Waals surface area contributed by atoms with Crippen LogP contribution in [0.25, 0.3) is 0 Å². The van der Waals surface area contributed by atoms with E-state index in [1.807, 2.05) is 24.3 Å². The van der Waals surface area contributed by atoms with Gasteiger partial charge in [-0.3, -0.25) is 4.79 Å². The highest BCUT2D eigenvalue weighted by Gasteiger charge is 2.07. The summed E-state index contributed by atoms with van der Waals surface area (Å²) in [6, 6.07) is 11.5. The van der Waals surface area contributed by atoms with Crippen LogP contribution in [0, 0.1) is 5.82 Å². The largest absolute Gasteiger partial charge is 0.324 e. The minimum Gasteiger partial charge on any atom is -0.324 e. The third-order valence-corrected chi connectivity index (χ3v) is 4.24. The average molecular weight is 375 g/mol. The van der Waals surface area contributed by atoms with Crippen molar-refractivity contribution in [2.45, 2.75) is 4.90 Å². The van der Waals surface area contributed by atoms with Crippen LogP contribution in [0.15, 0.2) is 51.8 Å². The molecule has 0 aromatic heterocycles. The predicted molar refractivity (Wildman–Crippen MR) is 84.9 cm³/mol. The van der Waals surface area contributed by atoms with E-state index in [4.69, 9.17) is 11.6 Å². The summed E-state index contributed by atoms with van der Waals surface area (Å²) in [6.45, 7) is 0. The van der Waals surface area contributed by atoms with Gasteiger partial charge in [0.15, 0.2) is 0 Å². The van der Waals surface area contributed by atoms with Crippen LogP contribution in [-0.2, 0) is 4.79 Å². The zero-order chi connectivity index (χ0) is 14.5. The summed E-state index contributed by atoms with van der Waals surface area (Å²) < 4.78 is 13.9. The molecule has 0 heterocycles. The van der Waals surface area contributed by atoms with Crippen LogP contribution in [0.5, 0.6) is 0 Å². The maximum absolute atomic E-state index is 12.9. The molecule has 20 heavy (non-hydrogen) atoms. The number of thioether (sulfide) groups is 1. The van der Waals surface area contributed by atoms with Crippen LogP contribution in [0.4, 0.5) is 10.1 Å². The van der Waals surface area contributed by atoms with Crippen LogP contribution in [-0.4, -0.2) is 11.7 Å². The van der Waals surface area contributed by atoms with E-state index >= 15 is 0 Å². The van der Waals surface area contributed by atoms with Gasteiger partial charge in [0.05, 0.1) is 16.5 Å². The molecule has 0 aliphatic carbocycles.